The number of fused-ring (bicyclic) bond motifs is 1. The zero-order valence-corrected chi connectivity index (χ0v) is 23.8. The average molecular weight is 594 g/mol. The number of benzene rings is 2. The molecule has 3 heterocycles. The standard InChI is InChI=1S/C32H25ClFN7O2/c1-21-8-9-23(17-22(21)10-11-25-19-37-30-7-3-15-39-41(25)30)31(42)36-14-4-16-40-24(18-35)12-13-29(40)32(43)38-20-26-27(33)5-2-6-28(26)34/h2-3,5-9,12-13,15,17,19H,4,14,16,20H2,1H3,(H,36,42)(H,38,43). The van der Waals surface area contributed by atoms with E-state index >= 15 is 0 Å². The number of nitrogens with one attached hydrogen (secondary N) is 2. The molecule has 3 aromatic heterocycles. The van der Waals surface area contributed by atoms with Crippen molar-refractivity contribution < 1.29 is 14.0 Å². The van der Waals surface area contributed by atoms with Crippen LogP contribution in [0.2, 0.25) is 5.02 Å². The number of nitriles is 1. The lowest BCUT2D eigenvalue weighted by Gasteiger charge is -2.12. The Labute approximate surface area is 251 Å². The first-order chi connectivity index (χ1) is 20.9. The molecular formula is C32H25ClFN7O2. The molecule has 0 radical (unpaired) electrons. The van der Waals surface area contributed by atoms with Crippen molar-refractivity contribution >= 4 is 29.1 Å². The lowest BCUT2D eigenvalue weighted by molar-refractivity contribution is 0.0933. The van der Waals surface area contributed by atoms with Crippen LogP contribution in [0.1, 0.15) is 55.3 Å². The first kappa shape index (κ1) is 29.1. The lowest BCUT2D eigenvalue weighted by atomic mass is 10.0. The second-order valence-electron chi connectivity index (χ2n) is 9.58. The van der Waals surface area contributed by atoms with Gasteiger partial charge in [-0.3, -0.25) is 9.59 Å². The summed E-state index contributed by atoms with van der Waals surface area (Å²) in [5, 5.41) is 19.5. The minimum absolute atomic E-state index is 0.105. The fourth-order valence-electron chi connectivity index (χ4n) is 4.45. The number of imidazole rings is 1. The highest BCUT2D eigenvalue weighted by Crippen LogP contribution is 2.19. The van der Waals surface area contributed by atoms with Crippen LogP contribution in [0.25, 0.3) is 5.65 Å². The molecule has 0 fully saturated rings. The Hall–Kier alpha value is -5.45. The van der Waals surface area contributed by atoms with Crippen LogP contribution in [0.3, 0.4) is 0 Å². The van der Waals surface area contributed by atoms with Crippen molar-refractivity contribution in [1.29, 1.82) is 5.26 Å². The third-order valence-corrected chi connectivity index (χ3v) is 7.12. The van der Waals surface area contributed by atoms with Gasteiger partial charge in [0, 0.05) is 47.5 Å². The molecule has 0 bridgehead atoms. The van der Waals surface area contributed by atoms with Crippen LogP contribution >= 0.6 is 11.6 Å². The molecular weight excluding hydrogens is 569 g/mol. The maximum absolute atomic E-state index is 14.1. The number of rotatable bonds is 8. The third kappa shape index (κ3) is 6.56. The molecule has 43 heavy (non-hydrogen) atoms. The van der Waals surface area contributed by atoms with Crippen LogP contribution in [0.4, 0.5) is 4.39 Å². The Bertz CT molecular complexity index is 1920. The molecule has 0 saturated carbocycles. The van der Waals surface area contributed by atoms with E-state index in [1.54, 1.807) is 51.8 Å². The molecule has 2 N–H and O–H groups in total. The van der Waals surface area contributed by atoms with E-state index < -0.39 is 11.7 Å². The van der Waals surface area contributed by atoms with E-state index in [2.05, 4.69) is 38.6 Å². The number of carbonyl (C=O) groups is 2. The molecule has 0 unspecified atom stereocenters. The van der Waals surface area contributed by atoms with Crippen molar-refractivity contribution in [2.75, 3.05) is 6.54 Å². The Morgan fingerprint density at radius 1 is 1.02 bits per heavy atom. The Kier molecular flexibility index (Phi) is 8.80. The van der Waals surface area contributed by atoms with Gasteiger partial charge in [-0.15, -0.1) is 0 Å². The second-order valence-corrected chi connectivity index (χ2v) is 9.98. The predicted molar refractivity (Wildman–Crippen MR) is 159 cm³/mol. The van der Waals surface area contributed by atoms with Crippen LogP contribution in [0, 0.1) is 35.9 Å². The normalized spacial score (nSPS) is 10.6. The van der Waals surface area contributed by atoms with E-state index in [4.69, 9.17) is 11.6 Å². The van der Waals surface area contributed by atoms with Gasteiger partial charge < -0.3 is 15.2 Å². The van der Waals surface area contributed by atoms with Crippen molar-refractivity contribution in [3.05, 3.63) is 123 Å². The largest absolute Gasteiger partial charge is 0.352 e. The van der Waals surface area contributed by atoms with Crippen molar-refractivity contribution in [3.8, 4) is 17.9 Å². The van der Waals surface area contributed by atoms with Crippen molar-refractivity contribution in [2.24, 2.45) is 0 Å². The molecule has 0 aliphatic heterocycles. The van der Waals surface area contributed by atoms with Crippen LogP contribution in [-0.4, -0.2) is 37.5 Å². The van der Waals surface area contributed by atoms with Gasteiger partial charge in [0.1, 0.15) is 29.0 Å². The molecule has 5 rings (SSSR count). The molecule has 0 atom stereocenters. The van der Waals surface area contributed by atoms with E-state index in [1.165, 1.54) is 18.2 Å². The Balaban J connectivity index is 1.20. The maximum atomic E-state index is 14.1. The number of hydrogen-bond acceptors (Lipinski definition) is 5. The number of halogens is 2. The zero-order chi connectivity index (χ0) is 30.3. The number of nitrogens with zero attached hydrogens (tertiary/aromatic N) is 5. The van der Waals surface area contributed by atoms with Gasteiger partial charge in [0.25, 0.3) is 11.8 Å². The van der Waals surface area contributed by atoms with E-state index in [-0.39, 0.29) is 28.7 Å². The highest BCUT2D eigenvalue weighted by molar-refractivity contribution is 6.31. The highest BCUT2D eigenvalue weighted by Gasteiger charge is 2.16. The smallest absolute Gasteiger partial charge is 0.268 e. The second kappa shape index (κ2) is 13.0. The summed E-state index contributed by atoms with van der Waals surface area (Å²) in [7, 11) is 0. The summed E-state index contributed by atoms with van der Waals surface area (Å²) in [5.74, 6) is 4.93. The molecule has 11 heteroatoms. The molecule has 2 aromatic carbocycles. The van der Waals surface area contributed by atoms with Gasteiger partial charge in [-0.05, 0) is 73.4 Å². The van der Waals surface area contributed by atoms with Gasteiger partial charge in [-0.2, -0.15) is 10.4 Å². The van der Waals surface area contributed by atoms with E-state index in [1.807, 2.05) is 19.1 Å². The van der Waals surface area contributed by atoms with E-state index in [0.29, 0.717) is 47.7 Å². The van der Waals surface area contributed by atoms with Crippen molar-refractivity contribution in [2.45, 2.75) is 26.4 Å². The number of amides is 2. The maximum Gasteiger partial charge on any atom is 0.268 e. The highest BCUT2D eigenvalue weighted by atomic mass is 35.5. The van der Waals surface area contributed by atoms with Crippen LogP contribution in [-0.2, 0) is 13.1 Å². The summed E-state index contributed by atoms with van der Waals surface area (Å²) in [6.45, 7) is 2.42. The molecule has 2 amide bonds. The first-order valence-electron chi connectivity index (χ1n) is 13.4. The average Bonchev–Trinajstić information content (AvgIpc) is 3.62. The fraction of sp³-hybridized carbons (Fsp3) is 0.156. The zero-order valence-electron chi connectivity index (χ0n) is 23.1. The van der Waals surface area contributed by atoms with Gasteiger partial charge in [0.05, 0.1) is 6.20 Å². The van der Waals surface area contributed by atoms with Gasteiger partial charge in [-0.1, -0.05) is 29.7 Å². The minimum Gasteiger partial charge on any atom is -0.352 e. The lowest BCUT2D eigenvalue weighted by Crippen LogP contribution is -2.28. The van der Waals surface area contributed by atoms with Crippen LogP contribution in [0.15, 0.2) is 73.1 Å². The quantitative estimate of drug-likeness (QED) is 0.201. The summed E-state index contributed by atoms with van der Waals surface area (Å²) in [4.78, 5) is 30.1. The molecule has 0 aliphatic carbocycles. The van der Waals surface area contributed by atoms with E-state index in [0.717, 1.165) is 5.56 Å². The minimum atomic E-state index is -0.520. The summed E-state index contributed by atoms with van der Waals surface area (Å²) in [6, 6.07) is 18.4. The van der Waals surface area contributed by atoms with E-state index in [9.17, 15) is 19.2 Å². The monoisotopic (exact) mass is 593 g/mol. The van der Waals surface area contributed by atoms with Gasteiger partial charge in [0.15, 0.2) is 5.65 Å². The van der Waals surface area contributed by atoms with Crippen LogP contribution in [0.5, 0.6) is 0 Å². The summed E-state index contributed by atoms with van der Waals surface area (Å²) < 4.78 is 17.3. The molecule has 0 saturated heterocycles. The number of aromatic nitrogens is 4. The summed E-state index contributed by atoms with van der Waals surface area (Å²) >= 11 is 6.06. The third-order valence-electron chi connectivity index (χ3n) is 6.76. The fourth-order valence-corrected chi connectivity index (χ4v) is 4.68. The summed E-state index contributed by atoms with van der Waals surface area (Å²) in [5.41, 5.74) is 4.13. The molecule has 214 valence electrons. The molecule has 0 spiro atoms. The molecule has 9 nitrogen and oxygen atoms in total. The Morgan fingerprint density at radius 2 is 1.88 bits per heavy atom. The molecule has 5 aromatic rings. The Morgan fingerprint density at radius 3 is 2.70 bits per heavy atom. The first-order valence-corrected chi connectivity index (χ1v) is 13.7. The summed E-state index contributed by atoms with van der Waals surface area (Å²) in [6.07, 6.45) is 3.76. The number of carbonyl (C=O) groups excluding carboxylic acids is 2. The van der Waals surface area contributed by atoms with Gasteiger partial charge in [0.2, 0.25) is 0 Å². The topological polar surface area (TPSA) is 117 Å². The predicted octanol–water partition coefficient (Wildman–Crippen LogP) is 4.65. The number of hydrogen-bond donors (Lipinski definition) is 2. The van der Waals surface area contributed by atoms with Crippen LogP contribution < -0.4 is 10.6 Å². The number of aryl methyl sites for hydroxylation is 1. The SMILES string of the molecule is Cc1ccc(C(=O)NCCCn2c(C#N)ccc2C(=O)NCc2c(F)cccc2Cl)cc1C#Cc1cnc2cccnn12. The van der Waals surface area contributed by atoms with Gasteiger partial charge >= 0.3 is 0 Å². The van der Waals surface area contributed by atoms with Gasteiger partial charge in [-0.25, -0.2) is 13.9 Å². The molecule has 0 aliphatic rings. The van der Waals surface area contributed by atoms with Crippen molar-refractivity contribution in [1.82, 2.24) is 29.8 Å². The van der Waals surface area contributed by atoms with Crippen molar-refractivity contribution in [3.63, 3.8) is 0 Å².